The molecule has 26 heavy (non-hydrogen) atoms. The number of carboxylic acid groups (broad SMARTS) is 1. The number of H-pyrrole nitrogens is 1. The van der Waals surface area contributed by atoms with Gasteiger partial charge in [0.15, 0.2) is 0 Å². The van der Waals surface area contributed by atoms with Crippen molar-refractivity contribution in [3.63, 3.8) is 0 Å². The molecule has 2 N–H and O–H groups in total. The number of aliphatic carboxylic acids is 1. The van der Waals surface area contributed by atoms with Gasteiger partial charge in [-0.2, -0.15) is 0 Å². The molecular weight excluding hydrogens is 334 g/mol. The number of para-hydroxylation sites is 1. The van der Waals surface area contributed by atoms with E-state index in [2.05, 4.69) is 4.98 Å². The number of likely N-dealkylation sites (tertiary alicyclic amines) is 1. The Balaban J connectivity index is 1.58. The maximum absolute atomic E-state index is 12.5. The van der Waals surface area contributed by atoms with Crippen molar-refractivity contribution in [3.05, 3.63) is 36.0 Å². The summed E-state index contributed by atoms with van der Waals surface area (Å²) in [5, 5.41) is 10.1. The molecule has 0 bridgehead atoms. The number of amides is 2. The molecule has 2 aromatic rings. The minimum Gasteiger partial charge on any atom is -0.481 e. The molecule has 1 aromatic heterocycles. The maximum Gasteiger partial charge on any atom is 0.308 e. The van der Waals surface area contributed by atoms with Crippen LogP contribution in [0.4, 0.5) is 0 Å². The molecule has 1 aliphatic heterocycles. The van der Waals surface area contributed by atoms with Crippen molar-refractivity contribution in [1.29, 1.82) is 0 Å². The van der Waals surface area contributed by atoms with E-state index in [0.717, 1.165) is 16.5 Å². The van der Waals surface area contributed by atoms with E-state index in [1.807, 2.05) is 30.5 Å². The molecule has 3 rings (SSSR count). The maximum atomic E-state index is 12.5. The summed E-state index contributed by atoms with van der Waals surface area (Å²) in [6, 6.07) is 7.76. The first-order valence-corrected chi connectivity index (χ1v) is 8.75. The summed E-state index contributed by atoms with van der Waals surface area (Å²) in [7, 11) is 1.60. The molecule has 7 nitrogen and oxygen atoms in total. The average Bonchev–Trinajstić information content (AvgIpc) is 3.04. The second kappa shape index (κ2) is 7.59. The first-order chi connectivity index (χ1) is 12.5. The lowest BCUT2D eigenvalue weighted by atomic mass is 9.98. The number of carboxylic acids is 1. The zero-order valence-electron chi connectivity index (χ0n) is 14.8. The molecule has 0 saturated carbocycles. The number of nitrogens with zero attached hydrogens (tertiary/aromatic N) is 2. The van der Waals surface area contributed by atoms with Gasteiger partial charge in [-0.15, -0.1) is 0 Å². The number of aromatic amines is 1. The second-order valence-electron chi connectivity index (χ2n) is 6.80. The third-order valence-corrected chi connectivity index (χ3v) is 4.94. The van der Waals surface area contributed by atoms with Crippen molar-refractivity contribution >= 4 is 28.7 Å². The average molecular weight is 357 g/mol. The number of rotatable bonds is 5. The van der Waals surface area contributed by atoms with Crippen molar-refractivity contribution in [1.82, 2.24) is 14.8 Å². The highest BCUT2D eigenvalue weighted by Gasteiger charge is 2.29. The third-order valence-electron chi connectivity index (χ3n) is 4.94. The molecule has 1 aromatic carbocycles. The molecule has 0 spiro atoms. The number of aromatic nitrogens is 1. The Labute approximate surface area is 151 Å². The van der Waals surface area contributed by atoms with Gasteiger partial charge in [0, 0.05) is 37.2 Å². The lowest BCUT2D eigenvalue weighted by Gasteiger charge is -2.32. The highest BCUT2D eigenvalue weighted by Crippen LogP contribution is 2.19. The molecule has 1 saturated heterocycles. The van der Waals surface area contributed by atoms with Crippen molar-refractivity contribution in [2.24, 2.45) is 5.92 Å². The largest absolute Gasteiger partial charge is 0.481 e. The van der Waals surface area contributed by atoms with Crippen LogP contribution in [0.1, 0.15) is 18.4 Å². The Hall–Kier alpha value is -2.83. The molecule has 2 heterocycles. The van der Waals surface area contributed by atoms with Crippen LogP contribution >= 0.6 is 0 Å². The fraction of sp³-hybridized carbons (Fsp3) is 0.421. The molecule has 0 radical (unpaired) electrons. The molecule has 1 unspecified atom stereocenters. The van der Waals surface area contributed by atoms with E-state index in [9.17, 15) is 14.4 Å². The normalized spacial score (nSPS) is 17.3. The van der Waals surface area contributed by atoms with Crippen LogP contribution in [-0.2, 0) is 20.8 Å². The van der Waals surface area contributed by atoms with Gasteiger partial charge in [-0.3, -0.25) is 14.4 Å². The van der Waals surface area contributed by atoms with Crippen molar-refractivity contribution < 1.29 is 19.5 Å². The van der Waals surface area contributed by atoms with Crippen LogP contribution in [0.15, 0.2) is 30.5 Å². The van der Waals surface area contributed by atoms with Gasteiger partial charge >= 0.3 is 5.97 Å². The van der Waals surface area contributed by atoms with Crippen molar-refractivity contribution in [2.75, 3.05) is 26.7 Å². The van der Waals surface area contributed by atoms with E-state index in [1.165, 1.54) is 4.90 Å². The molecule has 138 valence electrons. The smallest absolute Gasteiger partial charge is 0.308 e. The highest BCUT2D eigenvalue weighted by atomic mass is 16.4. The van der Waals surface area contributed by atoms with Gasteiger partial charge in [0.05, 0.1) is 18.9 Å². The van der Waals surface area contributed by atoms with Crippen LogP contribution < -0.4 is 0 Å². The fourth-order valence-corrected chi connectivity index (χ4v) is 3.37. The highest BCUT2D eigenvalue weighted by molar-refractivity contribution is 5.90. The zero-order valence-corrected chi connectivity index (χ0v) is 14.8. The molecular formula is C19H23N3O4. The minimum atomic E-state index is -0.869. The number of hydrogen-bond acceptors (Lipinski definition) is 3. The number of nitrogens with one attached hydrogen (secondary N) is 1. The predicted molar refractivity (Wildman–Crippen MR) is 96.6 cm³/mol. The van der Waals surface area contributed by atoms with Gasteiger partial charge in [-0.25, -0.2) is 0 Å². The first kappa shape index (κ1) is 18.0. The van der Waals surface area contributed by atoms with Crippen LogP contribution in [0.3, 0.4) is 0 Å². The summed E-state index contributed by atoms with van der Waals surface area (Å²) in [6.45, 7) is 0.735. The van der Waals surface area contributed by atoms with Gasteiger partial charge in [-0.1, -0.05) is 18.2 Å². The van der Waals surface area contributed by atoms with Gasteiger partial charge in [-0.05, 0) is 24.5 Å². The quantitative estimate of drug-likeness (QED) is 0.848. The lowest BCUT2D eigenvalue weighted by Crippen LogP contribution is -2.47. The van der Waals surface area contributed by atoms with Gasteiger partial charge in [0.1, 0.15) is 0 Å². The van der Waals surface area contributed by atoms with E-state index < -0.39 is 11.9 Å². The fourth-order valence-electron chi connectivity index (χ4n) is 3.37. The molecule has 1 atom stereocenters. The SMILES string of the molecule is CN(CC(=O)N1CCCC(C(=O)O)C1)C(=O)Cc1c[nH]c2ccccc12. The Bertz CT molecular complexity index is 829. The predicted octanol–water partition coefficient (Wildman–Crippen LogP) is 1.49. The Morgan fingerprint density at radius 3 is 2.85 bits per heavy atom. The summed E-state index contributed by atoms with van der Waals surface area (Å²) in [5.74, 6) is -1.73. The molecule has 1 aliphatic rings. The van der Waals surface area contributed by atoms with Crippen molar-refractivity contribution in [3.8, 4) is 0 Å². The second-order valence-corrected chi connectivity index (χ2v) is 6.80. The van der Waals surface area contributed by atoms with Gasteiger partial charge < -0.3 is 19.9 Å². The number of likely N-dealkylation sites (N-methyl/N-ethyl adjacent to an activating group) is 1. The number of piperidine rings is 1. The van der Waals surface area contributed by atoms with Crippen molar-refractivity contribution in [2.45, 2.75) is 19.3 Å². The van der Waals surface area contributed by atoms with E-state index in [0.29, 0.717) is 19.4 Å². The molecule has 7 heteroatoms. The Morgan fingerprint density at radius 2 is 2.08 bits per heavy atom. The lowest BCUT2D eigenvalue weighted by molar-refractivity contribution is -0.147. The third kappa shape index (κ3) is 3.87. The van der Waals surface area contributed by atoms with Gasteiger partial charge in [0.2, 0.25) is 11.8 Å². The van der Waals surface area contributed by atoms with E-state index in [1.54, 1.807) is 11.9 Å². The summed E-state index contributed by atoms with van der Waals surface area (Å²) >= 11 is 0. The van der Waals surface area contributed by atoms with Crippen LogP contribution in [-0.4, -0.2) is 64.4 Å². The number of hydrogen-bond donors (Lipinski definition) is 2. The molecule has 2 amide bonds. The number of carbonyl (C=O) groups is 3. The van der Waals surface area contributed by atoms with Crippen LogP contribution in [0.25, 0.3) is 10.9 Å². The summed E-state index contributed by atoms with van der Waals surface area (Å²) in [5.41, 5.74) is 1.87. The zero-order chi connectivity index (χ0) is 18.7. The topological polar surface area (TPSA) is 93.7 Å². The Morgan fingerprint density at radius 1 is 1.31 bits per heavy atom. The van der Waals surface area contributed by atoms with E-state index in [-0.39, 0.29) is 31.3 Å². The summed E-state index contributed by atoms with van der Waals surface area (Å²) in [4.78, 5) is 42.2. The number of benzene rings is 1. The van der Waals surface area contributed by atoms with E-state index >= 15 is 0 Å². The number of fused-ring (bicyclic) bond motifs is 1. The van der Waals surface area contributed by atoms with E-state index in [4.69, 9.17) is 5.11 Å². The van der Waals surface area contributed by atoms with Crippen LogP contribution in [0, 0.1) is 5.92 Å². The molecule has 0 aliphatic carbocycles. The molecule has 1 fully saturated rings. The minimum absolute atomic E-state index is 0.0342. The standard InChI is InChI=1S/C19H23N3O4/c1-21(12-18(24)22-8-4-5-13(11-22)19(25)26)17(23)9-14-10-20-16-7-3-2-6-15(14)16/h2-3,6-7,10,13,20H,4-5,8-9,11-12H2,1H3,(H,25,26). The first-order valence-electron chi connectivity index (χ1n) is 8.75. The number of carbonyl (C=O) groups excluding carboxylic acids is 2. The van der Waals surface area contributed by atoms with Crippen LogP contribution in [0.5, 0.6) is 0 Å². The summed E-state index contributed by atoms with van der Waals surface area (Å²) in [6.07, 6.45) is 3.30. The summed E-state index contributed by atoms with van der Waals surface area (Å²) < 4.78 is 0. The Kier molecular flexibility index (Phi) is 5.25. The van der Waals surface area contributed by atoms with Crippen LogP contribution in [0.2, 0.25) is 0 Å². The monoisotopic (exact) mass is 357 g/mol. The van der Waals surface area contributed by atoms with Gasteiger partial charge in [0.25, 0.3) is 0 Å².